The number of phenols is 1. The fraction of sp³-hybridized carbons (Fsp3) is 0.364. The predicted octanol–water partition coefficient (Wildman–Crippen LogP) is 0.890. The van der Waals surface area contributed by atoms with Crippen molar-refractivity contribution >= 4 is 17.5 Å². The van der Waals surface area contributed by atoms with Crippen molar-refractivity contribution in [1.29, 1.82) is 0 Å². The summed E-state index contributed by atoms with van der Waals surface area (Å²) in [5.74, 6) is 0.217. The van der Waals surface area contributed by atoms with Gasteiger partial charge in [-0.15, -0.1) is 0 Å². The third-order valence-corrected chi connectivity index (χ3v) is 2.44. The van der Waals surface area contributed by atoms with Crippen LogP contribution in [0.15, 0.2) is 12.1 Å². The Labute approximate surface area is 105 Å². The highest BCUT2D eigenvalue weighted by molar-refractivity contribution is 6.30. The molecule has 0 radical (unpaired) electrons. The average molecular weight is 259 g/mol. The number of amides is 1. The molecule has 0 aliphatic heterocycles. The quantitative estimate of drug-likeness (QED) is 0.734. The van der Waals surface area contributed by atoms with E-state index in [4.69, 9.17) is 16.3 Å². The van der Waals surface area contributed by atoms with Crippen LogP contribution in [0, 0.1) is 0 Å². The molecule has 0 aromatic heterocycles. The molecule has 0 aliphatic rings. The van der Waals surface area contributed by atoms with E-state index in [2.05, 4.69) is 10.6 Å². The molecule has 0 saturated carbocycles. The number of likely N-dealkylation sites (N-methyl/N-ethyl adjacent to an activating group) is 1. The predicted molar refractivity (Wildman–Crippen MR) is 65.4 cm³/mol. The van der Waals surface area contributed by atoms with Crippen molar-refractivity contribution in [2.75, 3.05) is 20.7 Å². The molecular formula is C11H15ClN2O3. The molecule has 0 unspecified atom stereocenters. The molecule has 94 valence electrons. The van der Waals surface area contributed by atoms with Gasteiger partial charge in [-0.1, -0.05) is 11.6 Å². The number of halogens is 1. The number of rotatable bonds is 5. The Hall–Kier alpha value is -1.46. The minimum absolute atomic E-state index is 0.0290. The summed E-state index contributed by atoms with van der Waals surface area (Å²) in [4.78, 5) is 11.0. The van der Waals surface area contributed by atoms with Crippen molar-refractivity contribution in [3.8, 4) is 11.5 Å². The number of carbonyl (C=O) groups is 1. The fourth-order valence-corrected chi connectivity index (χ4v) is 1.55. The second kappa shape index (κ2) is 6.32. The number of methoxy groups -OCH3 is 1. The molecule has 1 aromatic carbocycles. The van der Waals surface area contributed by atoms with Crippen molar-refractivity contribution in [3.05, 3.63) is 22.7 Å². The first-order valence-electron chi connectivity index (χ1n) is 5.05. The van der Waals surface area contributed by atoms with E-state index in [9.17, 15) is 9.90 Å². The topological polar surface area (TPSA) is 70.6 Å². The average Bonchev–Trinajstić information content (AvgIpc) is 2.32. The van der Waals surface area contributed by atoms with Crippen LogP contribution in [-0.4, -0.2) is 31.7 Å². The van der Waals surface area contributed by atoms with Gasteiger partial charge in [-0.25, -0.2) is 0 Å². The lowest BCUT2D eigenvalue weighted by molar-refractivity contribution is -0.119. The van der Waals surface area contributed by atoms with Crippen LogP contribution < -0.4 is 15.4 Å². The summed E-state index contributed by atoms with van der Waals surface area (Å²) in [7, 11) is 3.01. The number of ether oxygens (including phenoxy) is 1. The second-order valence-electron chi connectivity index (χ2n) is 3.39. The van der Waals surface area contributed by atoms with Gasteiger partial charge in [0.15, 0.2) is 11.5 Å². The van der Waals surface area contributed by atoms with Gasteiger partial charge in [-0.3, -0.25) is 4.79 Å². The lowest BCUT2D eigenvalue weighted by Gasteiger charge is -2.10. The molecular weight excluding hydrogens is 244 g/mol. The van der Waals surface area contributed by atoms with Gasteiger partial charge >= 0.3 is 0 Å². The summed E-state index contributed by atoms with van der Waals surface area (Å²) < 4.78 is 4.97. The van der Waals surface area contributed by atoms with E-state index >= 15 is 0 Å². The SMILES string of the molecule is CNC(=O)CNCc1cc(Cl)cc(OC)c1O. The van der Waals surface area contributed by atoms with E-state index in [1.54, 1.807) is 13.1 Å². The van der Waals surface area contributed by atoms with Crippen LogP contribution in [0.3, 0.4) is 0 Å². The molecule has 0 fully saturated rings. The molecule has 0 bridgehead atoms. The zero-order chi connectivity index (χ0) is 12.8. The van der Waals surface area contributed by atoms with Gasteiger partial charge in [0, 0.05) is 30.2 Å². The molecule has 0 heterocycles. The smallest absolute Gasteiger partial charge is 0.233 e. The first-order chi connectivity index (χ1) is 8.08. The highest BCUT2D eigenvalue weighted by Gasteiger charge is 2.10. The molecule has 17 heavy (non-hydrogen) atoms. The summed E-state index contributed by atoms with van der Waals surface area (Å²) >= 11 is 5.87. The Morgan fingerprint density at radius 2 is 2.24 bits per heavy atom. The van der Waals surface area contributed by atoms with E-state index in [0.29, 0.717) is 22.9 Å². The van der Waals surface area contributed by atoms with Gasteiger partial charge in [0.1, 0.15) is 0 Å². The Balaban J connectivity index is 2.70. The summed E-state index contributed by atoms with van der Waals surface area (Å²) in [6.07, 6.45) is 0. The molecule has 3 N–H and O–H groups in total. The molecule has 0 saturated heterocycles. The number of aromatic hydroxyl groups is 1. The van der Waals surface area contributed by atoms with Gasteiger partial charge in [-0.05, 0) is 6.07 Å². The largest absolute Gasteiger partial charge is 0.504 e. The normalized spacial score (nSPS) is 10.1. The molecule has 0 aliphatic carbocycles. The Morgan fingerprint density at radius 1 is 1.53 bits per heavy atom. The van der Waals surface area contributed by atoms with Gasteiger partial charge in [0.25, 0.3) is 0 Å². The van der Waals surface area contributed by atoms with E-state index in [0.717, 1.165) is 0 Å². The van der Waals surface area contributed by atoms with E-state index in [1.807, 2.05) is 0 Å². The maximum absolute atomic E-state index is 11.0. The number of nitrogens with one attached hydrogen (secondary N) is 2. The second-order valence-corrected chi connectivity index (χ2v) is 3.83. The molecule has 5 nitrogen and oxygen atoms in total. The first kappa shape index (κ1) is 13.6. The number of hydrogen-bond donors (Lipinski definition) is 3. The third kappa shape index (κ3) is 3.80. The van der Waals surface area contributed by atoms with Crippen molar-refractivity contribution in [2.24, 2.45) is 0 Å². The molecule has 0 atom stereocenters. The van der Waals surface area contributed by atoms with Crippen LogP contribution >= 0.6 is 11.6 Å². The minimum Gasteiger partial charge on any atom is -0.504 e. The summed E-state index contributed by atoms with van der Waals surface area (Å²) in [6.45, 7) is 0.501. The van der Waals surface area contributed by atoms with Crippen LogP contribution in [0.4, 0.5) is 0 Å². The van der Waals surface area contributed by atoms with E-state index in [1.165, 1.54) is 13.2 Å². The third-order valence-electron chi connectivity index (χ3n) is 2.22. The van der Waals surface area contributed by atoms with E-state index < -0.39 is 0 Å². The molecule has 1 rings (SSSR count). The van der Waals surface area contributed by atoms with Crippen LogP contribution in [-0.2, 0) is 11.3 Å². The number of benzene rings is 1. The summed E-state index contributed by atoms with van der Waals surface area (Å²) in [6, 6.07) is 3.15. The van der Waals surface area contributed by atoms with E-state index in [-0.39, 0.29) is 18.2 Å². The lowest BCUT2D eigenvalue weighted by atomic mass is 10.2. The van der Waals surface area contributed by atoms with Gasteiger partial charge in [-0.2, -0.15) is 0 Å². The Morgan fingerprint density at radius 3 is 2.82 bits per heavy atom. The molecule has 0 spiro atoms. The van der Waals surface area contributed by atoms with Crippen molar-refractivity contribution < 1.29 is 14.6 Å². The summed E-state index contributed by atoms with van der Waals surface area (Å²) in [5.41, 5.74) is 0.582. The Kier molecular flexibility index (Phi) is 5.06. The zero-order valence-corrected chi connectivity index (χ0v) is 10.5. The standard InChI is InChI=1S/C11H15ClN2O3/c1-13-10(15)6-14-5-7-3-8(12)4-9(17-2)11(7)16/h3-4,14,16H,5-6H2,1-2H3,(H,13,15). The lowest BCUT2D eigenvalue weighted by Crippen LogP contribution is -2.30. The van der Waals surface area contributed by atoms with Crippen LogP contribution in [0.1, 0.15) is 5.56 Å². The van der Waals surface area contributed by atoms with Crippen LogP contribution in [0.5, 0.6) is 11.5 Å². The Bertz CT molecular complexity index is 410. The monoisotopic (exact) mass is 258 g/mol. The van der Waals surface area contributed by atoms with Gasteiger partial charge in [0.2, 0.25) is 5.91 Å². The maximum atomic E-state index is 11.0. The number of carbonyl (C=O) groups excluding carboxylic acids is 1. The highest BCUT2D eigenvalue weighted by atomic mass is 35.5. The summed E-state index contributed by atoms with van der Waals surface area (Å²) in [5, 5.41) is 15.7. The first-order valence-corrected chi connectivity index (χ1v) is 5.43. The van der Waals surface area contributed by atoms with Crippen LogP contribution in [0.2, 0.25) is 5.02 Å². The van der Waals surface area contributed by atoms with Crippen molar-refractivity contribution in [3.63, 3.8) is 0 Å². The van der Waals surface area contributed by atoms with Crippen molar-refractivity contribution in [1.82, 2.24) is 10.6 Å². The maximum Gasteiger partial charge on any atom is 0.233 e. The van der Waals surface area contributed by atoms with Crippen molar-refractivity contribution in [2.45, 2.75) is 6.54 Å². The molecule has 1 aromatic rings. The minimum atomic E-state index is -0.126. The fourth-order valence-electron chi connectivity index (χ4n) is 1.32. The molecule has 1 amide bonds. The van der Waals surface area contributed by atoms with Gasteiger partial charge < -0.3 is 20.5 Å². The van der Waals surface area contributed by atoms with Gasteiger partial charge in [0.05, 0.1) is 13.7 Å². The number of hydrogen-bond acceptors (Lipinski definition) is 4. The highest BCUT2D eigenvalue weighted by Crippen LogP contribution is 2.33. The zero-order valence-electron chi connectivity index (χ0n) is 9.71. The molecule has 6 heteroatoms. The van der Waals surface area contributed by atoms with Crippen LogP contribution in [0.25, 0.3) is 0 Å². The number of phenolic OH excluding ortho intramolecular Hbond substituents is 1.